The summed E-state index contributed by atoms with van der Waals surface area (Å²) >= 11 is 0. The summed E-state index contributed by atoms with van der Waals surface area (Å²) in [5, 5.41) is 15.9. The van der Waals surface area contributed by atoms with Crippen molar-refractivity contribution in [3.63, 3.8) is 0 Å². The number of aryl methyl sites for hydroxylation is 2. The van der Waals surface area contributed by atoms with E-state index in [2.05, 4.69) is 27.7 Å². The molecule has 0 bridgehead atoms. The van der Waals surface area contributed by atoms with Crippen LogP contribution in [0, 0.1) is 0 Å². The molecule has 3 atom stereocenters. The van der Waals surface area contributed by atoms with Crippen LogP contribution < -0.4 is 10.6 Å². The van der Waals surface area contributed by atoms with Gasteiger partial charge in [-0.2, -0.15) is 0 Å². The number of pyridine rings is 1. The molecule has 36 heavy (non-hydrogen) atoms. The molecule has 2 amide bonds. The Bertz CT molecular complexity index is 857. The van der Waals surface area contributed by atoms with Crippen LogP contribution in [0.15, 0.2) is 12.1 Å². The Balaban J connectivity index is 1.47. The van der Waals surface area contributed by atoms with Crippen LogP contribution in [0.5, 0.6) is 0 Å². The highest BCUT2D eigenvalue weighted by Gasteiger charge is 2.37. The monoisotopic (exact) mass is 503 g/mol. The number of urea groups is 1. The van der Waals surface area contributed by atoms with Crippen molar-refractivity contribution in [2.45, 2.75) is 96.9 Å². The number of carboxylic acids is 1. The second kappa shape index (κ2) is 13.8. The van der Waals surface area contributed by atoms with Gasteiger partial charge in [-0.05, 0) is 90.8 Å². The molecule has 1 saturated heterocycles. The Morgan fingerprint density at radius 2 is 2.00 bits per heavy atom. The molecule has 1 aromatic heterocycles. The molecule has 3 N–H and O–H groups in total. The van der Waals surface area contributed by atoms with Crippen LogP contribution in [0.2, 0.25) is 0 Å². The van der Waals surface area contributed by atoms with Crippen molar-refractivity contribution < 1.29 is 19.4 Å². The first kappa shape index (κ1) is 28.2. The van der Waals surface area contributed by atoms with Crippen molar-refractivity contribution >= 4 is 17.8 Å². The fraction of sp³-hybridized carbons (Fsp3) is 0.741. The minimum Gasteiger partial charge on any atom is -0.480 e. The van der Waals surface area contributed by atoms with E-state index in [0.717, 1.165) is 69.7 Å². The second-order valence-corrected chi connectivity index (χ2v) is 10.5. The highest BCUT2D eigenvalue weighted by Crippen LogP contribution is 2.25. The first-order valence-electron chi connectivity index (χ1n) is 13.6. The maximum atomic E-state index is 12.6. The number of likely N-dealkylation sites (tertiary alicyclic amines) is 1. The van der Waals surface area contributed by atoms with Crippen molar-refractivity contribution in [2.75, 3.05) is 38.1 Å². The van der Waals surface area contributed by atoms with E-state index in [-0.39, 0.29) is 24.2 Å². The summed E-state index contributed by atoms with van der Waals surface area (Å²) in [5.41, 5.74) is 2.42. The standard InChI is InChI=1S/C27H45N5O4/c1-19(2)36-17-16-31(14-6-5-9-23-11-10-22-8-7-13-28-25(22)29-23)15-12-24(26(33)34)30-27(35)32-20(3)18-21(32)4/h10-11,19-21,24H,5-9,12-18H2,1-4H3,(H,28,29)(H,30,35)(H,33,34). The van der Waals surface area contributed by atoms with Crippen LogP contribution in [0.3, 0.4) is 0 Å². The summed E-state index contributed by atoms with van der Waals surface area (Å²) in [7, 11) is 0. The fourth-order valence-electron chi connectivity index (χ4n) is 5.11. The van der Waals surface area contributed by atoms with Crippen LogP contribution in [-0.4, -0.2) is 88.9 Å². The summed E-state index contributed by atoms with van der Waals surface area (Å²) in [6.07, 6.45) is 6.64. The van der Waals surface area contributed by atoms with Gasteiger partial charge in [-0.1, -0.05) is 6.07 Å². The lowest BCUT2D eigenvalue weighted by Gasteiger charge is -2.45. The van der Waals surface area contributed by atoms with E-state index in [4.69, 9.17) is 9.72 Å². The molecule has 2 aliphatic heterocycles. The van der Waals surface area contributed by atoms with Gasteiger partial charge in [-0.3, -0.25) is 0 Å². The van der Waals surface area contributed by atoms with E-state index >= 15 is 0 Å². The van der Waals surface area contributed by atoms with E-state index in [1.54, 1.807) is 4.90 Å². The van der Waals surface area contributed by atoms with E-state index < -0.39 is 12.0 Å². The van der Waals surface area contributed by atoms with Crippen molar-refractivity contribution in [3.05, 3.63) is 23.4 Å². The van der Waals surface area contributed by atoms with Crippen molar-refractivity contribution in [1.29, 1.82) is 0 Å². The first-order chi connectivity index (χ1) is 17.2. The smallest absolute Gasteiger partial charge is 0.326 e. The Kier molecular flexibility index (Phi) is 10.8. The zero-order valence-corrected chi connectivity index (χ0v) is 22.5. The van der Waals surface area contributed by atoms with E-state index in [9.17, 15) is 14.7 Å². The number of carbonyl (C=O) groups excluding carboxylic acids is 1. The normalized spacial score (nSPS) is 20.0. The molecule has 0 saturated carbocycles. The SMILES string of the molecule is CC(C)OCCN(CCCCc1ccc2c(n1)NCCC2)CCC(NC(=O)N1C(C)CC1C)C(=O)O. The first-order valence-corrected chi connectivity index (χ1v) is 13.6. The number of unbranched alkanes of at least 4 members (excludes halogenated alkanes) is 1. The quantitative estimate of drug-likeness (QED) is 0.334. The second-order valence-electron chi connectivity index (χ2n) is 10.5. The third-order valence-electron chi connectivity index (χ3n) is 7.16. The molecule has 3 heterocycles. The molecule has 202 valence electrons. The molecular formula is C27H45N5O4. The van der Waals surface area contributed by atoms with Gasteiger partial charge in [0.2, 0.25) is 0 Å². The summed E-state index contributed by atoms with van der Waals surface area (Å²) in [5.74, 6) is 0.0460. The van der Waals surface area contributed by atoms with Crippen LogP contribution in [0.25, 0.3) is 0 Å². The predicted octanol–water partition coefficient (Wildman–Crippen LogP) is 3.53. The maximum Gasteiger partial charge on any atom is 0.326 e. The number of ether oxygens (including phenoxy) is 1. The minimum atomic E-state index is -0.991. The van der Waals surface area contributed by atoms with Crippen molar-refractivity contribution in [3.8, 4) is 0 Å². The zero-order chi connectivity index (χ0) is 26.1. The minimum absolute atomic E-state index is 0.152. The highest BCUT2D eigenvalue weighted by molar-refractivity contribution is 5.83. The van der Waals surface area contributed by atoms with Gasteiger partial charge in [0.15, 0.2) is 0 Å². The number of anilines is 1. The lowest BCUT2D eigenvalue weighted by atomic mass is 9.96. The predicted molar refractivity (Wildman–Crippen MR) is 141 cm³/mol. The van der Waals surface area contributed by atoms with Gasteiger partial charge >= 0.3 is 12.0 Å². The number of hydrogen-bond donors (Lipinski definition) is 3. The molecule has 0 aliphatic carbocycles. The fourth-order valence-corrected chi connectivity index (χ4v) is 5.11. The third kappa shape index (κ3) is 8.34. The summed E-state index contributed by atoms with van der Waals surface area (Å²) in [6, 6.07) is 3.45. The molecule has 9 heteroatoms. The molecule has 3 unspecified atom stereocenters. The number of nitrogens with zero attached hydrogens (tertiary/aromatic N) is 3. The van der Waals surface area contributed by atoms with E-state index in [0.29, 0.717) is 19.6 Å². The summed E-state index contributed by atoms with van der Waals surface area (Å²) in [6.45, 7) is 11.8. The van der Waals surface area contributed by atoms with Gasteiger partial charge in [0.25, 0.3) is 0 Å². The Hall–Kier alpha value is -2.39. The summed E-state index contributed by atoms with van der Waals surface area (Å²) in [4.78, 5) is 33.2. The van der Waals surface area contributed by atoms with E-state index in [1.807, 2.05) is 27.7 Å². The number of aliphatic carboxylic acids is 1. The van der Waals surface area contributed by atoms with Crippen LogP contribution in [-0.2, 0) is 22.4 Å². The van der Waals surface area contributed by atoms with Crippen LogP contribution >= 0.6 is 0 Å². The molecule has 9 nitrogen and oxygen atoms in total. The molecule has 2 aliphatic rings. The zero-order valence-electron chi connectivity index (χ0n) is 22.5. The lowest BCUT2D eigenvalue weighted by Crippen LogP contribution is -2.61. The number of fused-ring (bicyclic) bond motifs is 1. The third-order valence-corrected chi connectivity index (χ3v) is 7.16. The molecule has 1 aromatic rings. The lowest BCUT2D eigenvalue weighted by molar-refractivity contribution is -0.139. The van der Waals surface area contributed by atoms with Gasteiger partial charge < -0.3 is 30.3 Å². The van der Waals surface area contributed by atoms with E-state index in [1.165, 1.54) is 5.56 Å². The Morgan fingerprint density at radius 1 is 1.22 bits per heavy atom. The van der Waals surface area contributed by atoms with Gasteiger partial charge in [0, 0.05) is 37.4 Å². The number of rotatable bonds is 14. The molecule has 0 aromatic carbocycles. The number of aromatic nitrogens is 1. The number of nitrogens with one attached hydrogen (secondary N) is 2. The number of amides is 2. The largest absolute Gasteiger partial charge is 0.480 e. The molecule has 3 rings (SSSR count). The highest BCUT2D eigenvalue weighted by atomic mass is 16.5. The Morgan fingerprint density at radius 3 is 2.69 bits per heavy atom. The van der Waals surface area contributed by atoms with Crippen molar-refractivity contribution in [2.24, 2.45) is 0 Å². The maximum absolute atomic E-state index is 12.6. The molecule has 0 spiro atoms. The topological polar surface area (TPSA) is 107 Å². The van der Waals surface area contributed by atoms with Gasteiger partial charge in [-0.25, -0.2) is 14.6 Å². The number of carboxylic acid groups (broad SMARTS) is 1. The number of carbonyl (C=O) groups is 2. The average Bonchev–Trinajstić information content (AvgIpc) is 2.83. The number of hydrogen-bond acceptors (Lipinski definition) is 6. The Labute approximate surface area is 216 Å². The van der Waals surface area contributed by atoms with Gasteiger partial charge in [0.05, 0.1) is 12.7 Å². The molecule has 1 fully saturated rings. The van der Waals surface area contributed by atoms with Gasteiger partial charge in [-0.15, -0.1) is 0 Å². The molecular weight excluding hydrogens is 458 g/mol. The molecule has 0 radical (unpaired) electrons. The van der Waals surface area contributed by atoms with Crippen LogP contribution in [0.1, 0.15) is 71.1 Å². The van der Waals surface area contributed by atoms with Crippen molar-refractivity contribution in [1.82, 2.24) is 20.1 Å². The average molecular weight is 504 g/mol. The summed E-state index contributed by atoms with van der Waals surface area (Å²) < 4.78 is 5.75. The van der Waals surface area contributed by atoms with Gasteiger partial charge in [0.1, 0.15) is 11.9 Å². The van der Waals surface area contributed by atoms with Crippen LogP contribution in [0.4, 0.5) is 10.6 Å².